The summed E-state index contributed by atoms with van der Waals surface area (Å²) in [6.07, 6.45) is 0. The molecule has 0 unspecified atom stereocenters. The van der Waals surface area contributed by atoms with E-state index >= 15 is 0 Å². The predicted octanol–water partition coefficient (Wildman–Crippen LogP) is 7.45. The van der Waals surface area contributed by atoms with E-state index in [1.807, 2.05) is 18.2 Å². The van der Waals surface area contributed by atoms with Crippen molar-refractivity contribution in [3.05, 3.63) is 89.4 Å². The molecule has 6 rings (SSSR count). The molecule has 0 aliphatic carbocycles. The van der Waals surface area contributed by atoms with Crippen molar-refractivity contribution in [2.24, 2.45) is 0 Å². The maximum atomic E-state index is 6.13. The topological polar surface area (TPSA) is 18.1 Å². The molecule has 0 saturated carbocycles. The first-order valence-corrected chi connectivity index (χ1v) is 9.70. The van der Waals surface area contributed by atoms with Gasteiger partial charge in [0.15, 0.2) is 0 Å². The molecule has 0 saturated heterocycles. The summed E-state index contributed by atoms with van der Waals surface area (Å²) in [5.74, 6) is 0. The van der Waals surface area contributed by atoms with Gasteiger partial charge in [-0.25, -0.2) is 0 Å². The molecular formula is C24H14BrNO. The molecule has 2 heterocycles. The second kappa shape index (κ2) is 5.48. The SMILES string of the molecule is Brc1cccc2c3c4c(ccc3n(-c3ccccc3)c12)oc1ccccc14. The maximum absolute atomic E-state index is 6.13. The second-order valence-corrected chi connectivity index (χ2v) is 7.59. The lowest BCUT2D eigenvalue weighted by molar-refractivity contribution is 0.669. The fourth-order valence-corrected chi connectivity index (χ4v) is 4.72. The Balaban J connectivity index is 1.94. The average Bonchev–Trinajstić information content (AvgIpc) is 3.25. The minimum absolute atomic E-state index is 0.926. The second-order valence-electron chi connectivity index (χ2n) is 6.74. The first-order valence-electron chi connectivity index (χ1n) is 8.91. The minimum Gasteiger partial charge on any atom is -0.456 e. The number of nitrogens with zero attached hydrogens (tertiary/aromatic N) is 1. The fraction of sp³-hybridized carbons (Fsp3) is 0. The lowest BCUT2D eigenvalue weighted by Crippen LogP contribution is -1.93. The van der Waals surface area contributed by atoms with Gasteiger partial charge in [-0.3, -0.25) is 0 Å². The van der Waals surface area contributed by atoms with Gasteiger partial charge in [-0.2, -0.15) is 0 Å². The molecule has 27 heavy (non-hydrogen) atoms. The molecule has 0 spiro atoms. The summed E-state index contributed by atoms with van der Waals surface area (Å²) in [4.78, 5) is 0. The average molecular weight is 412 g/mol. The summed E-state index contributed by atoms with van der Waals surface area (Å²) in [6, 6.07) is 29.4. The highest BCUT2D eigenvalue weighted by Gasteiger charge is 2.19. The first-order chi connectivity index (χ1) is 13.3. The van der Waals surface area contributed by atoms with E-state index in [-0.39, 0.29) is 0 Å². The molecule has 3 heteroatoms. The Kier molecular flexibility index (Phi) is 3.06. The van der Waals surface area contributed by atoms with Crippen molar-refractivity contribution >= 4 is 59.7 Å². The van der Waals surface area contributed by atoms with E-state index in [4.69, 9.17) is 4.42 Å². The van der Waals surface area contributed by atoms with Gasteiger partial charge in [0.2, 0.25) is 0 Å². The highest BCUT2D eigenvalue weighted by atomic mass is 79.9. The van der Waals surface area contributed by atoms with Crippen molar-refractivity contribution in [3.8, 4) is 5.69 Å². The molecule has 2 nitrogen and oxygen atoms in total. The highest BCUT2D eigenvalue weighted by molar-refractivity contribution is 9.10. The number of para-hydroxylation sites is 3. The van der Waals surface area contributed by atoms with Crippen LogP contribution in [0.2, 0.25) is 0 Å². The molecule has 0 aliphatic rings. The third-order valence-electron chi connectivity index (χ3n) is 5.26. The maximum Gasteiger partial charge on any atom is 0.136 e. The van der Waals surface area contributed by atoms with Crippen LogP contribution in [0.15, 0.2) is 93.8 Å². The van der Waals surface area contributed by atoms with Crippen molar-refractivity contribution in [2.45, 2.75) is 0 Å². The smallest absolute Gasteiger partial charge is 0.136 e. The van der Waals surface area contributed by atoms with E-state index in [2.05, 4.69) is 87.2 Å². The van der Waals surface area contributed by atoms with Gasteiger partial charge in [-0.15, -0.1) is 0 Å². The van der Waals surface area contributed by atoms with Crippen LogP contribution in [0.4, 0.5) is 0 Å². The number of aromatic nitrogens is 1. The van der Waals surface area contributed by atoms with Crippen molar-refractivity contribution in [3.63, 3.8) is 0 Å². The van der Waals surface area contributed by atoms with Crippen LogP contribution in [-0.4, -0.2) is 4.57 Å². The van der Waals surface area contributed by atoms with E-state index < -0.39 is 0 Å². The zero-order valence-electron chi connectivity index (χ0n) is 14.3. The quantitative estimate of drug-likeness (QED) is 0.274. The first kappa shape index (κ1) is 15.1. The largest absolute Gasteiger partial charge is 0.456 e. The van der Waals surface area contributed by atoms with E-state index in [9.17, 15) is 0 Å². The third-order valence-corrected chi connectivity index (χ3v) is 5.90. The van der Waals surface area contributed by atoms with Crippen LogP contribution in [0.1, 0.15) is 0 Å². The van der Waals surface area contributed by atoms with Crippen LogP contribution in [0.25, 0.3) is 49.4 Å². The Morgan fingerprint density at radius 3 is 2.30 bits per heavy atom. The standard InChI is InChI=1S/C24H14BrNO/c25-18-11-6-10-17-22-19(26(24(17)18)15-7-2-1-3-8-15)13-14-21-23(22)16-9-4-5-12-20(16)27-21/h1-14H. The third kappa shape index (κ3) is 2.00. The van der Waals surface area contributed by atoms with Gasteiger partial charge in [0.1, 0.15) is 11.2 Å². The van der Waals surface area contributed by atoms with Crippen molar-refractivity contribution in [1.29, 1.82) is 0 Å². The number of hydrogen-bond donors (Lipinski definition) is 0. The van der Waals surface area contributed by atoms with Gasteiger partial charge in [-0.05, 0) is 52.3 Å². The van der Waals surface area contributed by atoms with Crippen molar-refractivity contribution in [2.75, 3.05) is 0 Å². The van der Waals surface area contributed by atoms with Gasteiger partial charge in [0, 0.05) is 31.7 Å². The molecule has 4 aromatic carbocycles. The molecule has 0 atom stereocenters. The lowest BCUT2D eigenvalue weighted by Gasteiger charge is -2.08. The monoisotopic (exact) mass is 411 g/mol. The molecule has 128 valence electrons. The van der Waals surface area contributed by atoms with Crippen LogP contribution in [0.3, 0.4) is 0 Å². The summed E-state index contributed by atoms with van der Waals surface area (Å²) in [5.41, 5.74) is 5.36. The molecule has 0 fully saturated rings. The molecule has 0 aliphatic heterocycles. The summed E-state index contributed by atoms with van der Waals surface area (Å²) < 4.78 is 9.55. The zero-order valence-corrected chi connectivity index (χ0v) is 15.9. The highest BCUT2D eigenvalue weighted by Crippen LogP contribution is 2.42. The van der Waals surface area contributed by atoms with E-state index in [0.717, 1.165) is 26.7 Å². The van der Waals surface area contributed by atoms with Crippen LogP contribution < -0.4 is 0 Å². The van der Waals surface area contributed by atoms with Gasteiger partial charge in [0.25, 0.3) is 0 Å². The normalized spacial score (nSPS) is 11.9. The predicted molar refractivity (Wildman–Crippen MR) is 116 cm³/mol. The molecule has 0 bridgehead atoms. The summed E-state index contributed by atoms with van der Waals surface area (Å²) in [7, 11) is 0. The Labute approximate surface area is 163 Å². The van der Waals surface area contributed by atoms with Gasteiger partial charge in [0.05, 0.1) is 11.0 Å². The van der Waals surface area contributed by atoms with Gasteiger partial charge < -0.3 is 8.98 Å². The number of furan rings is 1. The Hall–Kier alpha value is -3.04. The van der Waals surface area contributed by atoms with E-state index in [0.29, 0.717) is 0 Å². The Morgan fingerprint density at radius 2 is 1.41 bits per heavy atom. The minimum atomic E-state index is 0.926. The van der Waals surface area contributed by atoms with Gasteiger partial charge in [-0.1, -0.05) is 48.5 Å². The zero-order chi connectivity index (χ0) is 18.0. The molecule has 0 amide bonds. The van der Waals surface area contributed by atoms with Crippen LogP contribution in [-0.2, 0) is 0 Å². The number of halogens is 1. The lowest BCUT2D eigenvalue weighted by atomic mass is 10.1. The van der Waals surface area contributed by atoms with Crippen LogP contribution >= 0.6 is 15.9 Å². The Morgan fingerprint density at radius 1 is 0.630 bits per heavy atom. The number of hydrogen-bond acceptors (Lipinski definition) is 1. The number of benzene rings is 4. The fourth-order valence-electron chi connectivity index (χ4n) is 4.17. The summed E-state index contributed by atoms with van der Waals surface area (Å²) in [5, 5.41) is 4.80. The van der Waals surface area contributed by atoms with Crippen LogP contribution in [0.5, 0.6) is 0 Å². The van der Waals surface area contributed by atoms with Crippen molar-refractivity contribution in [1.82, 2.24) is 4.57 Å². The van der Waals surface area contributed by atoms with E-state index in [1.165, 1.54) is 27.2 Å². The molecule has 0 radical (unpaired) electrons. The summed E-state index contributed by atoms with van der Waals surface area (Å²) in [6.45, 7) is 0. The summed E-state index contributed by atoms with van der Waals surface area (Å²) >= 11 is 3.78. The molecule has 6 aromatic rings. The molecule has 2 aromatic heterocycles. The Bertz CT molecular complexity index is 1470. The number of fused-ring (bicyclic) bond motifs is 7. The molecule has 0 N–H and O–H groups in total. The van der Waals surface area contributed by atoms with Gasteiger partial charge >= 0.3 is 0 Å². The number of rotatable bonds is 1. The van der Waals surface area contributed by atoms with Crippen LogP contribution in [0, 0.1) is 0 Å². The van der Waals surface area contributed by atoms with E-state index in [1.54, 1.807) is 0 Å². The molecular weight excluding hydrogens is 398 g/mol. The van der Waals surface area contributed by atoms with Crippen molar-refractivity contribution < 1.29 is 4.42 Å².